The Morgan fingerprint density at radius 1 is 1.48 bits per heavy atom. The van der Waals surface area contributed by atoms with Gasteiger partial charge in [0.25, 0.3) is 0 Å². The lowest BCUT2D eigenvalue weighted by Gasteiger charge is -2.15. The number of carboxylic acid groups (broad SMARTS) is 1. The van der Waals surface area contributed by atoms with Crippen molar-refractivity contribution in [2.75, 3.05) is 0 Å². The molecule has 118 valence electrons. The number of rotatable bonds is 3. The molecule has 0 spiro atoms. The van der Waals surface area contributed by atoms with E-state index in [1.165, 1.54) is 6.08 Å². The molecule has 2 atom stereocenters. The summed E-state index contributed by atoms with van der Waals surface area (Å²) in [5, 5.41) is 17.7. The van der Waals surface area contributed by atoms with Crippen LogP contribution in [0.15, 0.2) is 30.1 Å². The monoisotopic (exact) mass is 311 g/mol. The van der Waals surface area contributed by atoms with Crippen LogP contribution in [-0.4, -0.2) is 35.6 Å². The van der Waals surface area contributed by atoms with Crippen LogP contribution in [0.5, 0.6) is 0 Å². The standard InChI is InChI=1S/C16H17N5O2/c1-2-10-5-9(7-14(22)23)6-11(10)16-20-19-13-8-18-15-12(21(13)16)3-4-17-15/h3-4,7-8,10-11,17H,2,5-6H2,1H3,(H,22,23)/t10-,11+/m0/s1. The molecule has 3 heterocycles. The third-order valence-corrected chi connectivity index (χ3v) is 4.73. The number of nitrogens with zero attached hydrogens (tertiary/aromatic N) is 4. The van der Waals surface area contributed by atoms with Gasteiger partial charge in [0.15, 0.2) is 11.3 Å². The number of hydrogen-bond acceptors (Lipinski definition) is 4. The predicted molar refractivity (Wildman–Crippen MR) is 84.1 cm³/mol. The van der Waals surface area contributed by atoms with Crippen molar-refractivity contribution in [3.63, 3.8) is 0 Å². The summed E-state index contributed by atoms with van der Waals surface area (Å²) in [6.45, 7) is 2.14. The summed E-state index contributed by atoms with van der Waals surface area (Å²) < 4.78 is 2.04. The highest BCUT2D eigenvalue weighted by Gasteiger charge is 2.34. The number of hydrogen-bond donors (Lipinski definition) is 2. The summed E-state index contributed by atoms with van der Waals surface area (Å²) in [6.07, 6.45) is 7.42. The van der Waals surface area contributed by atoms with Crippen LogP contribution in [0, 0.1) is 5.92 Å². The van der Waals surface area contributed by atoms with E-state index in [-0.39, 0.29) is 5.92 Å². The van der Waals surface area contributed by atoms with Gasteiger partial charge in [-0.25, -0.2) is 9.78 Å². The predicted octanol–water partition coefficient (Wildman–Crippen LogP) is 2.52. The Hall–Kier alpha value is -2.70. The Bertz CT molecular complexity index is 923. The second-order valence-electron chi connectivity index (χ2n) is 6.05. The summed E-state index contributed by atoms with van der Waals surface area (Å²) in [5.74, 6) is 0.586. The number of aromatic amines is 1. The van der Waals surface area contributed by atoms with Crippen molar-refractivity contribution in [2.45, 2.75) is 32.1 Å². The van der Waals surface area contributed by atoms with Gasteiger partial charge in [-0.05, 0) is 24.8 Å². The van der Waals surface area contributed by atoms with E-state index in [1.807, 2.05) is 16.7 Å². The van der Waals surface area contributed by atoms with Crippen molar-refractivity contribution < 1.29 is 9.90 Å². The van der Waals surface area contributed by atoms with Gasteiger partial charge in [0.05, 0.1) is 11.7 Å². The third-order valence-electron chi connectivity index (χ3n) is 4.73. The van der Waals surface area contributed by atoms with Gasteiger partial charge in [0.1, 0.15) is 5.82 Å². The van der Waals surface area contributed by atoms with E-state index in [4.69, 9.17) is 5.11 Å². The molecule has 1 aliphatic rings. The number of H-pyrrole nitrogens is 1. The average Bonchev–Trinajstić information content (AvgIpc) is 3.22. The summed E-state index contributed by atoms with van der Waals surface area (Å²) in [7, 11) is 0. The maximum Gasteiger partial charge on any atom is 0.328 e. The molecule has 0 amide bonds. The maximum atomic E-state index is 11.0. The largest absolute Gasteiger partial charge is 0.478 e. The molecule has 0 bridgehead atoms. The topological polar surface area (TPSA) is 96.2 Å². The molecule has 0 unspecified atom stereocenters. The van der Waals surface area contributed by atoms with Gasteiger partial charge in [-0.1, -0.05) is 18.9 Å². The lowest BCUT2D eigenvalue weighted by molar-refractivity contribution is -0.131. The molecule has 3 aromatic rings. The van der Waals surface area contributed by atoms with E-state index in [0.29, 0.717) is 5.92 Å². The molecule has 2 N–H and O–H groups in total. The Morgan fingerprint density at radius 3 is 3.13 bits per heavy atom. The first-order valence-corrected chi connectivity index (χ1v) is 7.77. The minimum Gasteiger partial charge on any atom is -0.478 e. The van der Waals surface area contributed by atoms with E-state index >= 15 is 0 Å². The minimum absolute atomic E-state index is 0.182. The SMILES string of the molecule is CC[C@H]1CC(=CC(=O)O)C[C@H]1c1nnc2cnc3[nH]ccc3n12. The van der Waals surface area contributed by atoms with Crippen molar-refractivity contribution in [1.29, 1.82) is 0 Å². The molecule has 3 aromatic heterocycles. The van der Waals surface area contributed by atoms with E-state index in [2.05, 4.69) is 27.1 Å². The minimum atomic E-state index is -0.876. The maximum absolute atomic E-state index is 11.0. The number of fused-ring (bicyclic) bond motifs is 3. The quantitative estimate of drug-likeness (QED) is 0.725. The van der Waals surface area contributed by atoms with E-state index in [1.54, 1.807) is 6.20 Å². The van der Waals surface area contributed by atoms with Gasteiger partial charge >= 0.3 is 5.97 Å². The van der Waals surface area contributed by atoms with Crippen LogP contribution in [0.3, 0.4) is 0 Å². The lowest BCUT2D eigenvalue weighted by atomic mass is 9.93. The molecule has 1 saturated carbocycles. The van der Waals surface area contributed by atoms with Crippen LogP contribution in [0.4, 0.5) is 0 Å². The van der Waals surface area contributed by atoms with Crippen LogP contribution in [0.25, 0.3) is 16.8 Å². The van der Waals surface area contributed by atoms with Gasteiger partial charge in [-0.3, -0.25) is 4.40 Å². The number of allylic oxidation sites excluding steroid dienone is 1. The summed E-state index contributed by atoms with van der Waals surface area (Å²) in [4.78, 5) is 18.4. The van der Waals surface area contributed by atoms with Gasteiger partial charge in [-0.2, -0.15) is 0 Å². The number of aliphatic carboxylic acids is 1. The fourth-order valence-electron chi connectivity index (χ4n) is 3.67. The summed E-state index contributed by atoms with van der Waals surface area (Å²) in [5.41, 5.74) is 3.45. The van der Waals surface area contributed by atoms with Crippen molar-refractivity contribution in [3.8, 4) is 0 Å². The molecule has 0 radical (unpaired) electrons. The Morgan fingerprint density at radius 2 is 2.35 bits per heavy atom. The van der Waals surface area contributed by atoms with Crippen molar-refractivity contribution in [2.24, 2.45) is 5.92 Å². The van der Waals surface area contributed by atoms with Gasteiger partial charge < -0.3 is 10.1 Å². The molecule has 7 heteroatoms. The molecule has 1 fully saturated rings. The van der Waals surface area contributed by atoms with Crippen LogP contribution < -0.4 is 0 Å². The van der Waals surface area contributed by atoms with E-state index in [9.17, 15) is 4.79 Å². The Balaban J connectivity index is 1.85. The van der Waals surface area contributed by atoms with Crippen molar-refractivity contribution in [3.05, 3.63) is 35.9 Å². The van der Waals surface area contributed by atoms with Crippen LogP contribution >= 0.6 is 0 Å². The normalized spacial score (nSPS) is 23.3. The van der Waals surface area contributed by atoms with Crippen molar-refractivity contribution >= 4 is 22.8 Å². The zero-order valence-electron chi connectivity index (χ0n) is 12.7. The van der Waals surface area contributed by atoms with Gasteiger partial charge in [0, 0.05) is 18.2 Å². The molecule has 4 rings (SSSR count). The number of carboxylic acids is 1. The van der Waals surface area contributed by atoms with Crippen molar-refractivity contribution in [1.82, 2.24) is 24.6 Å². The molecule has 1 aliphatic carbocycles. The number of aromatic nitrogens is 5. The number of nitrogens with one attached hydrogen (secondary N) is 1. The Labute approximate surface area is 132 Å². The summed E-state index contributed by atoms with van der Waals surface area (Å²) in [6, 6.07) is 1.96. The van der Waals surface area contributed by atoms with Gasteiger partial charge in [0.2, 0.25) is 0 Å². The Kier molecular flexibility index (Phi) is 3.14. The molecular weight excluding hydrogens is 294 g/mol. The first-order valence-electron chi connectivity index (χ1n) is 7.77. The van der Waals surface area contributed by atoms with Crippen LogP contribution in [0.1, 0.15) is 37.9 Å². The zero-order chi connectivity index (χ0) is 16.0. The first kappa shape index (κ1) is 13.9. The number of carbonyl (C=O) groups is 1. The first-order chi connectivity index (χ1) is 11.2. The third kappa shape index (κ3) is 2.19. The highest BCUT2D eigenvalue weighted by Crippen LogP contribution is 2.44. The molecular formula is C16H17N5O2. The highest BCUT2D eigenvalue weighted by molar-refractivity contribution is 5.80. The smallest absolute Gasteiger partial charge is 0.328 e. The average molecular weight is 311 g/mol. The fraction of sp³-hybridized carbons (Fsp3) is 0.375. The van der Waals surface area contributed by atoms with E-state index < -0.39 is 5.97 Å². The van der Waals surface area contributed by atoms with Crippen LogP contribution in [0.2, 0.25) is 0 Å². The molecule has 0 saturated heterocycles. The fourth-order valence-corrected chi connectivity index (χ4v) is 3.67. The van der Waals surface area contributed by atoms with Crippen LogP contribution in [-0.2, 0) is 4.79 Å². The van der Waals surface area contributed by atoms with Gasteiger partial charge in [-0.15, -0.1) is 10.2 Å². The molecule has 7 nitrogen and oxygen atoms in total. The second-order valence-corrected chi connectivity index (χ2v) is 6.05. The zero-order valence-corrected chi connectivity index (χ0v) is 12.7. The highest BCUT2D eigenvalue weighted by atomic mass is 16.4. The second kappa shape index (κ2) is 5.19. The molecule has 0 aliphatic heterocycles. The summed E-state index contributed by atoms with van der Waals surface area (Å²) >= 11 is 0. The lowest BCUT2D eigenvalue weighted by Crippen LogP contribution is -2.09. The van der Waals surface area contributed by atoms with E-state index in [0.717, 1.165) is 47.5 Å². The molecule has 0 aromatic carbocycles. The molecule has 23 heavy (non-hydrogen) atoms.